The van der Waals surface area contributed by atoms with Crippen molar-refractivity contribution in [2.75, 3.05) is 32.6 Å². The second-order valence-electron chi connectivity index (χ2n) is 8.34. The van der Waals surface area contributed by atoms with Crippen molar-refractivity contribution < 1.29 is 4.74 Å². The van der Waals surface area contributed by atoms with Gasteiger partial charge < -0.3 is 20.4 Å². The van der Waals surface area contributed by atoms with Gasteiger partial charge in [-0.05, 0) is 62.1 Å². The first-order valence-corrected chi connectivity index (χ1v) is 12.4. The molecule has 0 saturated carbocycles. The molecule has 0 atom stereocenters. The molecule has 4 aromatic rings. The van der Waals surface area contributed by atoms with Gasteiger partial charge in [-0.2, -0.15) is 0 Å². The fourth-order valence-corrected chi connectivity index (χ4v) is 4.33. The van der Waals surface area contributed by atoms with Crippen LogP contribution in [0.5, 0.6) is 5.75 Å². The zero-order chi connectivity index (χ0) is 25.7. The van der Waals surface area contributed by atoms with Gasteiger partial charge >= 0.3 is 0 Å². The van der Waals surface area contributed by atoms with Crippen molar-refractivity contribution in [3.63, 3.8) is 0 Å². The van der Waals surface area contributed by atoms with Crippen LogP contribution in [0.15, 0.2) is 72.8 Å². The van der Waals surface area contributed by atoms with Crippen LogP contribution < -0.4 is 10.1 Å². The number of benzene rings is 3. The van der Waals surface area contributed by atoms with Gasteiger partial charge in [0.25, 0.3) is 0 Å². The molecule has 1 aromatic heterocycles. The zero-order valence-electron chi connectivity index (χ0n) is 19.9. The Morgan fingerprint density at radius 1 is 0.944 bits per heavy atom. The number of hydrogen-bond acceptors (Lipinski definition) is 5. The van der Waals surface area contributed by atoms with Crippen LogP contribution >= 0.6 is 34.8 Å². The molecule has 0 amide bonds. The Hall–Kier alpha value is -3.09. The number of hydrogen-bond donors (Lipinski definition) is 2. The highest BCUT2D eigenvalue weighted by Crippen LogP contribution is 2.45. The van der Waals surface area contributed by atoms with E-state index in [1.54, 1.807) is 12.1 Å². The third-order valence-electron chi connectivity index (χ3n) is 5.47. The summed E-state index contributed by atoms with van der Waals surface area (Å²) in [6.45, 7) is 1.11. The molecule has 1 heterocycles. The highest BCUT2D eigenvalue weighted by atomic mass is 35.5. The zero-order valence-corrected chi connectivity index (χ0v) is 22.1. The van der Waals surface area contributed by atoms with E-state index >= 15 is 0 Å². The fraction of sp³-hybridized carbons (Fsp3) is 0.143. The van der Waals surface area contributed by atoms with Crippen molar-refractivity contribution in [3.05, 3.63) is 93.4 Å². The molecule has 184 valence electrons. The SMILES string of the molecule is CN(C)CCOc1c(C=N)c(Nc2ccccc2)nc(-c2ccc(Cl)cc2Cl)c1-c1ccc(Cl)cc1. The molecule has 0 saturated heterocycles. The van der Waals surface area contributed by atoms with E-state index in [9.17, 15) is 0 Å². The van der Waals surface area contributed by atoms with E-state index < -0.39 is 0 Å². The number of para-hydroxylation sites is 1. The monoisotopic (exact) mass is 538 g/mol. The van der Waals surface area contributed by atoms with Crippen molar-refractivity contribution >= 4 is 52.5 Å². The van der Waals surface area contributed by atoms with Crippen LogP contribution in [0.3, 0.4) is 0 Å². The van der Waals surface area contributed by atoms with E-state index in [0.717, 1.165) is 11.3 Å². The van der Waals surface area contributed by atoms with Crippen LogP contribution in [0.2, 0.25) is 15.1 Å². The molecule has 0 unspecified atom stereocenters. The lowest BCUT2D eigenvalue weighted by Crippen LogP contribution is -2.20. The van der Waals surface area contributed by atoms with Crippen molar-refractivity contribution in [2.45, 2.75) is 0 Å². The van der Waals surface area contributed by atoms with E-state index in [0.29, 0.717) is 62.2 Å². The van der Waals surface area contributed by atoms with E-state index in [4.69, 9.17) is 49.9 Å². The van der Waals surface area contributed by atoms with Gasteiger partial charge in [0, 0.05) is 34.1 Å². The summed E-state index contributed by atoms with van der Waals surface area (Å²) in [5, 5.41) is 13.2. The molecular weight excluding hydrogens is 515 g/mol. The molecule has 36 heavy (non-hydrogen) atoms. The smallest absolute Gasteiger partial charge is 0.143 e. The standard InChI is InChI=1S/C28H25Cl3N4O/c1-35(2)14-15-36-27-23(17-32)28(33-21-6-4-3-5-7-21)34-26(22-13-12-20(30)16-24(22)31)25(27)18-8-10-19(29)11-9-18/h3-13,16-17,32H,14-15H2,1-2H3,(H,33,34). The Kier molecular flexibility index (Phi) is 8.49. The Balaban J connectivity index is 2.02. The number of ether oxygens (including phenoxy) is 1. The Morgan fingerprint density at radius 2 is 1.64 bits per heavy atom. The van der Waals surface area contributed by atoms with Crippen molar-refractivity contribution in [3.8, 4) is 28.1 Å². The highest BCUT2D eigenvalue weighted by Gasteiger charge is 2.24. The summed E-state index contributed by atoms with van der Waals surface area (Å²) < 4.78 is 6.38. The normalized spacial score (nSPS) is 10.9. The molecule has 4 rings (SSSR count). The van der Waals surface area contributed by atoms with Gasteiger partial charge in [0.2, 0.25) is 0 Å². The topological polar surface area (TPSA) is 61.2 Å². The Labute approximate surface area is 226 Å². The van der Waals surface area contributed by atoms with Gasteiger partial charge in [-0.3, -0.25) is 0 Å². The summed E-state index contributed by atoms with van der Waals surface area (Å²) in [4.78, 5) is 7.02. The molecule has 8 heteroatoms. The molecule has 0 aliphatic carbocycles. The number of nitrogens with zero attached hydrogens (tertiary/aromatic N) is 2. The van der Waals surface area contributed by atoms with Crippen LogP contribution in [0.4, 0.5) is 11.5 Å². The lowest BCUT2D eigenvalue weighted by atomic mass is 9.96. The predicted molar refractivity (Wildman–Crippen MR) is 152 cm³/mol. The summed E-state index contributed by atoms with van der Waals surface area (Å²) in [5.41, 5.74) is 4.20. The number of likely N-dealkylation sites (N-methyl/N-ethyl adjacent to an activating group) is 1. The number of halogens is 3. The molecule has 0 aliphatic heterocycles. The maximum atomic E-state index is 8.29. The van der Waals surface area contributed by atoms with Gasteiger partial charge in [-0.15, -0.1) is 0 Å². The van der Waals surface area contributed by atoms with Gasteiger partial charge in [-0.25, -0.2) is 4.98 Å². The van der Waals surface area contributed by atoms with Crippen LogP contribution in [-0.2, 0) is 0 Å². The Bertz CT molecular complexity index is 1360. The van der Waals surface area contributed by atoms with E-state index in [2.05, 4.69) is 5.32 Å². The average molecular weight is 540 g/mol. The molecule has 2 N–H and O–H groups in total. The van der Waals surface area contributed by atoms with Crippen LogP contribution in [0.1, 0.15) is 5.56 Å². The molecule has 5 nitrogen and oxygen atoms in total. The summed E-state index contributed by atoms with van der Waals surface area (Å²) in [6, 6.07) is 22.4. The van der Waals surface area contributed by atoms with E-state index in [1.165, 1.54) is 6.21 Å². The minimum absolute atomic E-state index is 0.414. The number of rotatable bonds is 9. The van der Waals surface area contributed by atoms with Gasteiger partial charge in [0.15, 0.2) is 0 Å². The number of nitrogens with one attached hydrogen (secondary N) is 2. The lowest BCUT2D eigenvalue weighted by Gasteiger charge is -2.22. The first-order valence-electron chi connectivity index (χ1n) is 11.3. The third-order valence-corrected chi connectivity index (χ3v) is 6.27. The van der Waals surface area contributed by atoms with Gasteiger partial charge in [-0.1, -0.05) is 65.1 Å². The number of anilines is 2. The van der Waals surface area contributed by atoms with Gasteiger partial charge in [0.05, 0.1) is 21.8 Å². The van der Waals surface area contributed by atoms with Crippen molar-refractivity contribution in [2.24, 2.45) is 0 Å². The summed E-state index contributed by atoms with van der Waals surface area (Å²) in [5.74, 6) is 1.01. The quantitative estimate of drug-likeness (QED) is 0.211. The van der Waals surface area contributed by atoms with Crippen LogP contribution in [0.25, 0.3) is 22.4 Å². The molecule has 0 fully saturated rings. The minimum Gasteiger partial charge on any atom is -0.491 e. The molecule has 0 aliphatic rings. The van der Waals surface area contributed by atoms with Crippen molar-refractivity contribution in [1.29, 1.82) is 5.41 Å². The minimum atomic E-state index is 0.414. The van der Waals surface area contributed by atoms with Crippen molar-refractivity contribution in [1.82, 2.24) is 9.88 Å². The second-order valence-corrected chi connectivity index (χ2v) is 9.63. The largest absolute Gasteiger partial charge is 0.491 e. The fourth-order valence-electron chi connectivity index (χ4n) is 3.71. The maximum absolute atomic E-state index is 8.29. The predicted octanol–water partition coefficient (Wildman–Crippen LogP) is 8.06. The molecule has 0 radical (unpaired) electrons. The summed E-state index contributed by atoms with van der Waals surface area (Å²) in [6.07, 6.45) is 1.26. The molecular formula is C28H25Cl3N4O. The Morgan fingerprint density at radius 3 is 2.28 bits per heavy atom. The highest BCUT2D eigenvalue weighted by molar-refractivity contribution is 6.36. The maximum Gasteiger partial charge on any atom is 0.143 e. The summed E-state index contributed by atoms with van der Waals surface area (Å²) in [7, 11) is 3.96. The summed E-state index contributed by atoms with van der Waals surface area (Å²) >= 11 is 19.1. The second kappa shape index (κ2) is 11.8. The first-order chi connectivity index (χ1) is 17.4. The van der Waals surface area contributed by atoms with Crippen LogP contribution in [-0.4, -0.2) is 43.3 Å². The number of aromatic nitrogens is 1. The average Bonchev–Trinajstić information content (AvgIpc) is 2.85. The molecule has 0 spiro atoms. The lowest BCUT2D eigenvalue weighted by molar-refractivity contribution is 0.262. The van der Waals surface area contributed by atoms with E-state index in [-0.39, 0.29) is 0 Å². The molecule has 3 aromatic carbocycles. The van der Waals surface area contributed by atoms with E-state index in [1.807, 2.05) is 79.7 Å². The van der Waals surface area contributed by atoms with Gasteiger partial charge in [0.1, 0.15) is 18.2 Å². The van der Waals surface area contributed by atoms with Crippen LogP contribution in [0, 0.1) is 5.41 Å². The number of pyridine rings is 1. The third kappa shape index (κ3) is 6.00. The first kappa shape index (κ1) is 26.0. The molecule has 0 bridgehead atoms.